The molecule has 0 spiro atoms. The van der Waals surface area contributed by atoms with E-state index in [4.69, 9.17) is 9.26 Å². The normalized spacial score (nSPS) is 27.5. The standard InChI is InChI=1S/C15H25N2O15P3.C6H15N/c18-11-6-7-17(15(21)16-11)14-13(20)12(19)10(29-14)8-28-33(22,23)31-35(26,27)32-34(24,25)30-9-4-2-1-3-5-9;1-4-7(5-2)6-3/h6-7,9-10,12-14,19-20H,1-5,8H2,(H,22,23)(H,24,25)(H,26,27)(H,16,18,21);4-6H2,1-3H3/t10-,12-,13-,14-;/m1./s1. The fraction of sp³-hybridized carbons (Fsp3) is 0.810. The predicted octanol–water partition coefficient (Wildman–Crippen LogP) is 1.20. The number of nitrogens with one attached hydrogen (secondary N) is 1. The zero-order valence-corrected chi connectivity index (χ0v) is 26.1. The molecule has 6 N–H and O–H groups in total. The Hall–Kier alpha value is -1.07. The number of rotatable bonds is 13. The minimum atomic E-state index is -5.67. The van der Waals surface area contributed by atoms with Crippen LogP contribution < -0.4 is 11.2 Å². The molecule has 1 aliphatic heterocycles. The van der Waals surface area contributed by atoms with E-state index < -0.39 is 72.0 Å². The summed E-state index contributed by atoms with van der Waals surface area (Å²) in [6.45, 7) is 9.12. The predicted molar refractivity (Wildman–Crippen MR) is 146 cm³/mol. The number of phosphoric ester groups is 2. The van der Waals surface area contributed by atoms with Gasteiger partial charge in [0, 0.05) is 12.3 Å². The number of aromatic amines is 1. The summed E-state index contributed by atoms with van der Waals surface area (Å²) in [5.74, 6) is 0. The van der Waals surface area contributed by atoms with Gasteiger partial charge in [0.2, 0.25) is 0 Å². The van der Waals surface area contributed by atoms with Crippen molar-refractivity contribution in [3.8, 4) is 0 Å². The fourth-order valence-corrected chi connectivity index (χ4v) is 7.98. The molecule has 7 atom stereocenters. The lowest BCUT2D eigenvalue weighted by atomic mass is 9.98. The number of aliphatic hydroxyl groups excluding tert-OH is 2. The van der Waals surface area contributed by atoms with E-state index in [0.717, 1.165) is 23.3 Å². The number of hydrogen-bond donors (Lipinski definition) is 6. The van der Waals surface area contributed by atoms with E-state index in [2.05, 4.69) is 38.8 Å². The fourth-order valence-electron chi connectivity index (χ4n) is 4.24. The molecule has 1 saturated heterocycles. The average Bonchev–Trinajstić information content (AvgIpc) is 3.16. The highest BCUT2D eigenvalue weighted by Gasteiger charge is 2.47. The van der Waals surface area contributed by atoms with Crippen molar-refractivity contribution < 1.29 is 61.0 Å². The van der Waals surface area contributed by atoms with Gasteiger partial charge in [-0.15, -0.1) is 0 Å². The quantitative estimate of drug-likeness (QED) is 0.162. The van der Waals surface area contributed by atoms with Crippen molar-refractivity contribution in [1.82, 2.24) is 14.5 Å². The summed E-state index contributed by atoms with van der Waals surface area (Å²) in [7, 11) is -16.3. The number of H-pyrrole nitrogens is 1. The van der Waals surface area contributed by atoms with Crippen LogP contribution in [-0.4, -0.2) is 90.0 Å². The molecular formula is C21H40N3O15P3. The smallest absolute Gasteiger partial charge is 0.387 e. The number of hydrogen-bond acceptors (Lipinski definition) is 13. The molecule has 1 aromatic rings. The van der Waals surface area contributed by atoms with Gasteiger partial charge in [0.25, 0.3) is 5.56 Å². The molecule has 0 bridgehead atoms. The summed E-state index contributed by atoms with van der Waals surface area (Å²) in [5, 5.41) is 20.2. The SMILES string of the molecule is CCN(CC)CC.O=c1ccn([C@@H]2O[C@H](COP(=O)(O)OP(=O)(O)OP(=O)(O)OC3CCCCC3)[C@@H](O)[C@H]2O)c(=O)[nH]1. The monoisotopic (exact) mass is 667 g/mol. The van der Waals surface area contributed by atoms with E-state index in [1.165, 1.54) is 19.6 Å². The minimum Gasteiger partial charge on any atom is -0.387 e. The highest BCUT2D eigenvalue weighted by molar-refractivity contribution is 7.66. The van der Waals surface area contributed by atoms with Crippen molar-refractivity contribution in [2.24, 2.45) is 0 Å². The second-order valence-corrected chi connectivity index (χ2v) is 14.0. The van der Waals surface area contributed by atoms with Crippen molar-refractivity contribution in [1.29, 1.82) is 0 Å². The van der Waals surface area contributed by atoms with Crippen molar-refractivity contribution in [2.75, 3.05) is 26.2 Å². The Bertz CT molecular complexity index is 1240. The Kier molecular flexibility index (Phi) is 14.4. The van der Waals surface area contributed by atoms with Crippen LogP contribution in [0.3, 0.4) is 0 Å². The second-order valence-electron chi connectivity index (χ2n) is 9.41. The highest BCUT2D eigenvalue weighted by atomic mass is 31.3. The lowest BCUT2D eigenvalue weighted by Gasteiger charge is -2.25. The van der Waals surface area contributed by atoms with Crippen molar-refractivity contribution in [3.63, 3.8) is 0 Å². The minimum absolute atomic E-state index is 0.411. The summed E-state index contributed by atoms with van der Waals surface area (Å²) >= 11 is 0. The maximum absolute atomic E-state index is 12.1. The van der Waals surface area contributed by atoms with Crippen LogP contribution in [0.15, 0.2) is 21.9 Å². The van der Waals surface area contributed by atoms with Crippen LogP contribution >= 0.6 is 23.5 Å². The summed E-state index contributed by atoms with van der Waals surface area (Å²) < 4.78 is 59.4. The lowest BCUT2D eigenvalue weighted by molar-refractivity contribution is -0.0542. The molecule has 42 heavy (non-hydrogen) atoms. The van der Waals surface area contributed by atoms with Gasteiger partial charge in [0.1, 0.15) is 18.3 Å². The van der Waals surface area contributed by atoms with E-state index >= 15 is 0 Å². The van der Waals surface area contributed by atoms with Gasteiger partial charge in [-0.3, -0.25) is 23.4 Å². The van der Waals surface area contributed by atoms with E-state index in [1.807, 2.05) is 4.98 Å². The first-order chi connectivity index (χ1) is 19.5. The summed E-state index contributed by atoms with van der Waals surface area (Å²) in [6, 6.07) is 0.945. The molecule has 21 heteroatoms. The van der Waals surface area contributed by atoms with E-state index in [0.29, 0.717) is 25.7 Å². The van der Waals surface area contributed by atoms with E-state index in [1.54, 1.807) is 0 Å². The Morgan fingerprint density at radius 3 is 2.02 bits per heavy atom. The number of ether oxygens (including phenoxy) is 1. The lowest BCUT2D eigenvalue weighted by Crippen LogP contribution is -2.37. The van der Waals surface area contributed by atoms with Crippen LogP contribution in [0, 0.1) is 0 Å². The molecule has 0 radical (unpaired) electrons. The molecule has 3 unspecified atom stereocenters. The van der Waals surface area contributed by atoms with Crippen LogP contribution in [0.2, 0.25) is 0 Å². The van der Waals surface area contributed by atoms with E-state index in [-0.39, 0.29) is 0 Å². The van der Waals surface area contributed by atoms with Crippen LogP contribution in [0.1, 0.15) is 59.1 Å². The third-order valence-electron chi connectivity index (χ3n) is 6.45. The first-order valence-electron chi connectivity index (χ1n) is 13.3. The molecular weight excluding hydrogens is 627 g/mol. The van der Waals surface area contributed by atoms with Crippen LogP contribution in [-0.2, 0) is 36.1 Å². The zero-order chi connectivity index (χ0) is 31.7. The number of aliphatic hydroxyl groups is 2. The Morgan fingerprint density at radius 1 is 0.929 bits per heavy atom. The van der Waals surface area contributed by atoms with Gasteiger partial charge in [-0.1, -0.05) is 40.0 Å². The van der Waals surface area contributed by atoms with Gasteiger partial charge in [-0.2, -0.15) is 8.62 Å². The maximum atomic E-state index is 12.1. The Balaban J connectivity index is 0.000000782. The third-order valence-corrected chi connectivity index (χ3v) is 10.8. The van der Waals surface area contributed by atoms with Crippen molar-refractivity contribution >= 4 is 23.5 Å². The number of phosphoric acid groups is 3. The number of aromatic nitrogens is 2. The number of nitrogens with zero attached hydrogens (tertiary/aromatic N) is 2. The molecule has 0 aromatic carbocycles. The molecule has 2 fully saturated rings. The molecule has 2 aliphatic rings. The molecule has 0 amide bonds. The van der Waals surface area contributed by atoms with Gasteiger partial charge < -0.3 is 34.5 Å². The molecule has 1 aromatic heterocycles. The van der Waals surface area contributed by atoms with Crippen LogP contribution in [0.4, 0.5) is 0 Å². The molecule has 18 nitrogen and oxygen atoms in total. The summed E-state index contributed by atoms with van der Waals surface area (Å²) in [5.41, 5.74) is -1.71. The highest BCUT2D eigenvalue weighted by Crippen LogP contribution is 2.68. The zero-order valence-electron chi connectivity index (χ0n) is 23.5. The molecule has 244 valence electrons. The second kappa shape index (κ2) is 16.3. The van der Waals surface area contributed by atoms with E-state index in [9.17, 15) is 48.2 Å². The third kappa shape index (κ3) is 11.8. The summed E-state index contributed by atoms with van der Waals surface area (Å²) in [4.78, 5) is 56.4. The van der Waals surface area contributed by atoms with Gasteiger partial charge in [-0.25, -0.2) is 18.5 Å². The molecule has 1 saturated carbocycles. The topological polar surface area (TPSA) is 257 Å². The first kappa shape index (κ1) is 37.1. The molecule has 1 aliphatic carbocycles. The molecule has 2 heterocycles. The maximum Gasteiger partial charge on any atom is 0.490 e. The average molecular weight is 667 g/mol. The van der Waals surface area contributed by atoms with Crippen molar-refractivity contribution in [3.05, 3.63) is 33.1 Å². The van der Waals surface area contributed by atoms with Gasteiger partial charge in [0.05, 0.1) is 12.7 Å². The Morgan fingerprint density at radius 2 is 1.50 bits per heavy atom. The van der Waals surface area contributed by atoms with Gasteiger partial charge >= 0.3 is 29.2 Å². The summed E-state index contributed by atoms with van der Waals surface area (Å²) in [6.07, 6.45) is -3.18. The first-order valence-corrected chi connectivity index (χ1v) is 17.8. The Labute approximate surface area is 242 Å². The van der Waals surface area contributed by atoms with Crippen molar-refractivity contribution in [2.45, 2.75) is 83.5 Å². The van der Waals surface area contributed by atoms with Crippen LogP contribution in [0.5, 0.6) is 0 Å². The van der Waals surface area contributed by atoms with Crippen LogP contribution in [0.25, 0.3) is 0 Å². The largest absolute Gasteiger partial charge is 0.490 e. The molecule has 3 rings (SSSR count). The van der Waals surface area contributed by atoms with Gasteiger partial charge in [-0.05, 0) is 32.5 Å². The van der Waals surface area contributed by atoms with Gasteiger partial charge in [0.15, 0.2) is 6.23 Å².